The normalized spacial score (nSPS) is 12.5. The topological polar surface area (TPSA) is 34.4 Å². The lowest BCUT2D eigenvalue weighted by molar-refractivity contribution is 1.19. The number of benzene rings is 2. The minimum atomic E-state index is 0.00641. The van der Waals surface area contributed by atoms with Crippen molar-refractivity contribution in [1.82, 2.24) is 9.38 Å². The SMILES string of the molecule is Cc1ccc(/C=c2/sc3nc4cc(C)ccc4n3c2=O)cc1. The second kappa shape index (κ2) is 4.78. The zero-order chi connectivity index (χ0) is 15.3. The van der Waals surface area contributed by atoms with Crippen molar-refractivity contribution in [2.45, 2.75) is 13.8 Å². The summed E-state index contributed by atoms with van der Waals surface area (Å²) in [7, 11) is 0. The molecular weight excluding hydrogens is 292 g/mol. The van der Waals surface area contributed by atoms with E-state index >= 15 is 0 Å². The van der Waals surface area contributed by atoms with Crippen LogP contribution in [-0.2, 0) is 0 Å². The van der Waals surface area contributed by atoms with Gasteiger partial charge < -0.3 is 0 Å². The Hall–Kier alpha value is -2.46. The molecule has 4 heteroatoms. The van der Waals surface area contributed by atoms with E-state index in [0.29, 0.717) is 4.53 Å². The van der Waals surface area contributed by atoms with Gasteiger partial charge in [0.15, 0.2) is 4.96 Å². The van der Waals surface area contributed by atoms with Crippen LogP contribution in [0.2, 0.25) is 0 Å². The molecule has 108 valence electrons. The van der Waals surface area contributed by atoms with Crippen molar-refractivity contribution in [2.24, 2.45) is 0 Å². The number of thiazole rings is 1. The summed E-state index contributed by atoms with van der Waals surface area (Å²) in [6, 6.07) is 14.1. The smallest absolute Gasteiger partial charge is 0.267 e. The Kier molecular flexibility index (Phi) is 2.87. The van der Waals surface area contributed by atoms with Crippen molar-refractivity contribution in [3.05, 3.63) is 74.0 Å². The van der Waals surface area contributed by atoms with Crippen molar-refractivity contribution in [2.75, 3.05) is 0 Å². The van der Waals surface area contributed by atoms with Crippen LogP contribution in [0.4, 0.5) is 0 Å². The number of aromatic nitrogens is 2. The number of fused-ring (bicyclic) bond motifs is 3. The molecule has 0 aliphatic carbocycles. The van der Waals surface area contributed by atoms with Crippen LogP contribution in [0.25, 0.3) is 22.1 Å². The molecule has 0 saturated carbocycles. The molecule has 0 aliphatic heterocycles. The maximum absolute atomic E-state index is 12.7. The Bertz CT molecular complexity index is 1100. The van der Waals surface area contributed by atoms with E-state index in [0.717, 1.165) is 27.1 Å². The Morgan fingerprint density at radius 2 is 1.77 bits per heavy atom. The lowest BCUT2D eigenvalue weighted by Crippen LogP contribution is -2.22. The molecule has 0 saturated heterocycles. The number of aryl methyl sites for hydroxylation is 2. The molecule has 22 heavy (non-hydrogen) atoms. The predicted octanol–water partition coefficient (Wildman–Crippen LogP) is 3.07. The molecule has 0 radical (unpaired) electrons. The highest BCUT2D eigenvalue weighted by atomic mass is 32.1. The Balaban J connectivity index is 1.98. The number of hydrogen-bond donors (Lipinski definition) is 0. The summed E-state index contributed by atoms with van der Waals surface area (Å²) in [6.07, 6.45) is 1.93. The van der Waals surface area contributed by atoms with Crippen molar-refractivity contribution in [3.63, 3.8) is 0 Å². The molecule has 0 fully saturated rings. The van der Waals surface area contributed by atoms with Crippen molar-refractivity contribution in [1.29, 1.82) is 0 Å². The third-order valence-electron chi connectivity index (χ3n) is 3.77. The number of rotatable bonds is 1. The molecule has 0 aliphatic rings. The summed E-state index contributed by atoms with van der Waals surface area (Å²) in [4.78, 5) is 18.0. The molecule has 2 aromatic heterocycles. The van der Waals surface area contributed by atoms with Gasteiger partial charge in [-0.2, -0.15) is 0 Å². The number of hydrogen-bond acceptors (Lipinski definition) is 3. The van der Waals surface area contributed by atoms with Crippen LogP contribution < -0.4 is 10.1 Å². The van der Waals surface area contributed by atoms with Gasteiger partial charge in [0.1, 0.15) is 0 Å². The summed E-state index contributed by atoms with van der Waals surface area (Å²) in [5.74, 6) is 0. The van der Waals surface area contributed by atoms with E-state index in [9.17, 15) is 4.79 Å². The third-order valence-corrected chi connectivity index (χ3v) is 4.74. The molecule has 0 spiro atoms. The van der Waals surface area contributed by atoms with Gasteiger partial charge in [0, 0.05) is 0 Å². The van der Waals surface area contributed by atoms with Crippen molar-refractivity contribution in [3.8, 4) is 0 Å². The Morgan fingerprint density at radius 1 is 1.05 bits per heavy atom. The lowest BCUT2D eigenvalue weighted by atomic mass is 10.1. The first kappa shape index (κ1) is 13.2. The largest absolute Gasteiger partial charge is 0.274 e. The fourth-order valence-electron chi connectivity index (χ4n) is 2.59. The lowest BCUT2D eigenvalue weighted by Gasteiger charge is -1.93. The van der Waals surface area contributed by atoms with E-state index in [2.05, 4.69) is 11.9 Å². The first-order valence-corrected chi connectivity index (χ1v) is 7.93. The molecule has 0 atom stereocenters. The van der Waals surface area contributed by atoms with E-state index in [-0.39, 0.29) is 5.56 Å². The Labute approximate surface area is 131 Å². The Morgan fingerprint density at radius 3 is 2.55 bits per heavy atom. The van der Waals surface area contributed by atoms with Crippen molar-refractivity contribution < 1.29 is 0 Å². The minimum absolute atomic E-state index is 0.00641. The zero-order valence-electron chi connectivity index (χ0n) is 12.3. The van der Waals surface area contributed by atoms with Crippen LogP contribution >= 0.6 is 11.3 Å². The van der Waals surface area contributed by atoms with Gasteiger partial charge in [0.25, 0.3) is 5.56 Å². The third kappa shape index (κ3) is 2.04. The van der Waals surface area contributed by atoms with Crippen LogP contribution in [-0.4, -0.2) is 9.38 Å². The molecule has 4 aromatic rings. The second-order valence-corrected chi connectivity index (χ2v) is 6.56. The van der Waals surface area contributed by atoms with Crippen LogP contribution in [0.5, 0.6) is 0 Å². The summed E-state index contributed by atoms with van der Waals surface area (Å²) in [6.45, 7) is 4.08. The van der Waals surface area contributed by atoms with Crippen molar-refractivity contribution >= 4 is 33.4 Å². The van der Waals surface area contributed by atoms with E-state index in [1.54, 1.807) is 4.40 Å². The predicted molar refractivity (Wildman–Crippen MR) is 91.5 cm³/mol. The van der Waals surface area contributed by atoms with Crippen LogP contribution in [0.15, 0.2) is 47.3 Å². The van der Waals surface area contributed by atoms with Gasteiger partial charge in [-0.1, -0.05) is 47.2 Å². The quantitative estimate of drug-likeness (QED) is 0.541. The maximum atomic E-state index is 12.7. The van der Waals surface area contributed by atoms with Gasteiger partial charge in [-0.25, -0.2) is 9.38 Å². The first-order chi connectivity index (χ1) is 10.6. The van der Waals surface area contributed by atoms with E-state index in [1.165, 1.54) is 16.9 Å². The summed E-state index contributed by atoms with van der Waals surface area (Å²) >= 11 is 1.44. The highest BCUT2D eigenvalue weighted by Gasteiger charge is 2.10. The molecular formula is C18H14N2OS. The minimum Gasteiger partial charge on any atom is -0.267 e. The van der Waals surface area contributed by atoms with E-state index in [1.807, 2.05) is 55.5 Å². The van der Waals surface area contributed by atoms with Crippen LogP contribution in [0, 0.1) is 13.8 Å². The average Bonchev–Trinajstić information content (AvgIpc) is 2.98. The molecule has 3 nitrogen and oxygen atoms in total. The molecule has 0 unspecified atom stereocenters. The summed E-state index contributed by atoms with van der Waals surface area (Å²) in [5.41, 5.74) is 5.16. The van der Waals surface area contributed by atoms with Gasteiger partial charge in [-0.05, 0) is 43.2 Å². The summed E-state index contributed by atoms with van der Waals surface area (Å²) < 4.78 is 2.42. The van der Waals surface area contributed by atoms with Gasteiger partial charge >= 0.3 is 0 Å². The summed E-state index contributed by atoms with van der Waals surface area (Å²) in [5, 5.41) is 0. The fourth-order valence-corrected chi connectivity index (χ4v) is 3.58. The highest BCUT2D eigenvalue weighted by Crippen LogP contribution is 2.17. The number of imidazole rings is 1. The van der Waals surface area contributed by atoms with Gasteiger partial charge in [0.05, 0.1) is 15.6 Å². The molecule has 4 rings (SSSR count). The fraction of sp³-hybridized carbons (Fsp3) is 0.111. The van der Waals surface area contributed by atoms with Crippen LogP contribution in [0.3, 0.4) is 0 Å². The van der Waals surface area contributed by atoms with E-state index in [4.69, 9.17) is 0 Å². The molecule has 2 aromatic carbocycles. The van der Waals surface area contributed by atoms with Gasteiger partial charge in [-0.15, -0.1) is 0 Å². The highest BCUT2D eigenvalue weighted by molar-refractivity contribution is 7.15. The van der Waals surface area contributed by atoms with Gasteiger partial charge in [-0.3, -0.25) is 4.79 Å². The molecule has 0 amide bonds. The molecule has 0 bridgehead atoms. The monoisotopic (exact) mass is 306 g/mol. The maximum Gasteiger partial charge on any atom is 0.274 e. The number of nitrogens with zero attached hydrogens (tertiary/aromatic N) is 2. The standard InChI is InChI=1S/C18H14N2OS/c1-11-3-6-13(7-4-11)10-16-17(21)20-15-8-5-12(2)9-14(15)19-18(20)22-16/h3-10H,1-2H3/b16-10+. The first-order valence-electron chi connectivity index (χ1n) is 7.12. The zero-order valence-corrected chi connectivity index (χ0v) is 13.1. The average molecular weight is 306 g/mol. The second-order valence-electron chi connectivity index (χ2n) is 5.55. The van der Waals surface area contributed by atoms with E-state index < -0.39 is 0 Å². The van der Waals surface area contributed by atoms with Gasteiger partial charge in [0.2, 0.25) is 0 Å². The molecule has 2 heterocycles. The van der Waals surface area contributed by atoms with Crippen LogP contribution in [0.1, 0.15) is 16.7 Å². The molecule has 0 N–H and O–H groups in total.